The van der Waals surface area contributed by atoms with Crippen LogP contribution in [0.5, 0.6) is 17.2 Å². The van der Waals surface area contributed by atoms with Gasteiger partial charge < -0.3 is 29.0 Å². The first-order valence-corrected chi connectivity index (χ1v) is 13.6. The maximum Gasteiger partial charge on any atom is 0.246 e. The lowest BCUT2D eigenvalue weighted by Crippen LogP contribution is -2.63. The van der Waals surface area contributed by atoms with Crippen molar-refractivity contribution in [2.24, 2.45) is 0 Å². The zero-order chi connectivity index (χ0) is 27.8. The Labute approximate surface area is 233 Å². The number of methoxy groups -OCH3 is 3. The number of para-hydroxylation sites is 1. The molecule has 2 amide bonds. The lowest BCUT2D eigenvalue weighted by Gasteiger charge is -2.47. The summed E-state index contributed by atoms with van der Waals surface area (Å²) in [6.07, 6.45) is 2.11. The minimum atomic E-state index is -0.603. The van der Waals surface area contributed by atoms with E-state index in [1.165, 1.54) is 5.56 Å². The molecule has 2 aliphatic heterocycles. The van der Waals surface area contributed by atoms with Gasteiger partial charge in [0.25, 0.3) is 0 Å². The molecule has 0 spiro atoms. The molecule has 6 rings (SSSR count). The van der Waals surface area contributed by atoms with E-state index in [9.17, 15) is 9.59 Å². The van der Waals surface area contributed by atoms with Gasteiger partial charge in [-0.1, -0.05) is 48.5 Å². The van der Waals surface area contributed by atoms with Crippen LogP contribution in [-0.2, 0) is 22.4 Å². The van der Waals surface area contributed by atoms with Gasteiger partial charge in [-0.05, 0) is 47.7 Å². The van der Waals surface area contributed by atoms with Crippen molar-refractivity contribution in [1.82, 2.24) is 14.8 Å². The van der Waals surface area contributed by atoms with Crippen molar-refractivity contribution in [1.29, 1.82) is 0 Å². The van der Waals surface area contributed by atoms with Crippen LogP contribution in [0.1, 0.15) is 34.8 Å². The van der Waals surface area contributed by atoms with Gasteiger partial charge in [0, 0.05) is 29.6 Å². The number of piperazine rings is 1. The zero-order valence-corrected chi connectivity index (χ0v) is 23.0. The van der Waals surface area contributed by atoms with Gasteiger partial charge in [0.1, 0.15) is 6.04 Å². The van der Waals surface area contributed by atoms with E-state index >= 15 is 0 Å². The van der Waals surface area contributed by atoms with Gasteiger partial charge in [0.05, 0.1) is 33.9 Å². The molecule has 0 saturated carbocycles. The summed E-state index contributed by atoms with van der Waals surface area (Å²) < 4.78 is 16.8. The fourth-order valence-corrected chi connectivity index (χ4v) is 6.24. The van der Waals surface area contributed by atoms with E-state index in [0.29, 0.717) is 30.2 Å². The first-order valence-electron chi connectivity index (χ1n) is 13.6. The van der Waals surface area contributed by atoms with Crippen LogP contribution in [-0.4, -0.2) is 67.1 Å². The molecule has 2 atom stereocenters. The number of hydrogen-bond donors (Lipinski definition) is 1. The average molecular weight is 540 g/mol. The standard InChI is InChI=1S/C32H33N3O5/c1-38-26-16-21(17-27(39-2)31(26)40-3)30-29-23(22-13-7-8-14-24(22)33-29)18-25-32(37)34(19-28(36)35(25)30)15-9-12-20-10-5-4-6-11-20/h4-8,10-11,13-14,16-17,25,30,33H,9,12,15,18-19H2,1-3H3/t25-,30-/m0/s1. The highest BCUT2D eigenvalue weighted by Gasteiger charge is 2.48. The van der Waals surface area contributed by atoms with E-state index < -0.39 is 12.1 Å². The van der Waals surface area contributed by atoms with Gasteiger partial charge in [-0.3, -0.25) is 9.59 Å². The van der Waals surface area contributed by atoms with E-state index in [1.807, 2.05) is 48.5 Å². The summed E-state index contributed by atoms with van der Waals surface area (Å²) in [4.78, 5) is 34.9. The molecule has 1 N–H and O–H groups in total. The number of benzene rings is 3. The van der Waals surface area contributed by atoms with Crippen LogP contribution in [0.2, 0.25) is 0 Å². The highest BCUT2D eigenvalue weighted by atomic mass is 16.5. The molecule has 1 aromatic heterocycles. The summed E-state index contributed by atoms with van der Waals surface area (Å²) in [6, 6.07) is 20.9. The molecule has 3 heterocycles. The van der Waals surface area contributed by atoms with E-state index in [0.717, 1.165) is 40.6 Å². The van der Waals surface area contributed by atoms with Crippen LogP contribution < -0.4 is 14.2 Å². The first kappa shape index (κ1) is 25.8. The summed E-state index contributed by atoms with van der Waals surface area (Å²) in [5.41, 5.74) is 4.95. The molecule has 40 heavy (non-hydrogen) atoms. The molecule has 0 bridgehead atoms. The van der Waals surface area contributed by atoms with Crippen LogP contribution in [0.15, 0.2) is 66.7 Å². The summed E-state index contributed by atoms with van der Waals surface area (Å²) in [5, 5.41) is 1.07. The molecule has 0 unspecified atom stereocenters. The van der Waals surface area contributed by atoms with Gasteiger partial charge in [0.15, 0.2) is 11.5 Å². The van der Waals surface area contributed by atoms with Crippen LogP contribution in [0.3, 0.4) is 0 Å². The number of rotatable bonds is 8. The van der Waals surface area contributed by atoms with Crippen molar-refractivity contribution in [3.05, 3.63) is 89.1 Å². The molecule has 2 aliphatic rings. The minimum absolute atomic E-state index is 0.0129. The van der Waals surface area contributed by atoms with Crippen molar-refractivity contribution in [2.75, 3.05) is 34.4 Å². The monoisotopic (exact) mass is 539 g/mol. The highest BCUT2D eigenvalue weighted by Crippen LogP contribution is 2.47. The number of nitrogens with one attached hydrogen (secondary N) is 1. The van der Waals surface area contributed by atoms with E-state index in [1.54, 1.807) is 31.1 Å². The van der Waals surface area contributed by atoms with Gasteiger partial charge >= 0.3 is 0 Å². The number of aromatic amines is 1. The third kappa shape index (κ3) is 4.33. The van der Waals surface area contributed by atoms with Gasteiger partial charge in [-0.2, -0.15) is 0 Å². The van der Waals surface area contributed by atoms with Gasteiger partial charge in [0.2, 0.25) is 17.6 Å². The number of hydrogen-bond acceptors (Lipinski definition) is 5. The van der Waals surface area contributed by atoms with Crippen LogP contribution in [0.25, 0.3) is 10.9 Å². The van der Waals surface area contributed by atoms with Crippen molar-refractivity contribution in [2.45, 2.75) is 31.3 Å². The summed E-state index contributed by atoms with van der Waals surface area (Å²) in [5.74, 6) is 1.38. The van der Waals surface area contributed by atoms with E-state index in [-0.39, 0.29) is 18.4 Å². The van der Waals surface area contributed by atoms with E-state index in [4.69, 9.17) is 14.2 Å². The molecule has 8 nitrogen and oxygen atoms in total. The topological polar surface area (TPSA) is 84.1 Å². The van der Waals surface area contributed by atoms with Gasteiger partial charge in [-0.25, -0.2) is 0 Å². The van der Waals surface area contributed by atoms with E-state index in [2.05, 4.69) is 23.2 Å². The number of amides is 2. The number of carbonyl (C=O) groups excluding carboxylic acids is 2. The number of aryl methyl sites for hydroxylation is 1. The van der Waals surface area contributed by atoms with Crippen molar-refractivity contribution in [3.8, 4) is 17.2 Å². The SMILES string of the molecule is COc1cc([C@H]2c3[nH]c4ccccc4c3C[C@H]3C(=O)N(CCCc4ccccc4)CC(=O)N23)cc(OC)c1OC. The first-order chi connectivity index (χ1) is 19.5. The summed E-state index contributed by atoms with van der Waals surface area (Å²) in [7, 11) is 4.70. The zero-order valence-electron chi connectivity index (χ0n) is 23.0. The van der Waals surface area contributed by atoms with Crippen molar-refractivity contribution < 1.29 is 23.8 Å². The Balaban J connectivity index is 1.40. The lowest BCUT2D eigenvalue weighted by atomic mass is 9.86. The number of fused-ring (bicyclic) bond motifs is 4. The normalized spacial score (nSPS) is 18.5. The Kier molecular flexibility index (Phi) is 6.84. The molecule has 4 aromatic rings. The molecular weight excluding hydrogens is 506 g/mol. The van der Waals surface area contributed by atoms with Crippen molar-refractivity contribution in [3.63, 3.8) is 0 Å². The predicted molar refractivity (Wildman–Crippen MR) is 152 cm³/mol. The minimum Gasteiger partial charge on any atom is -0.493 e. The van der Waals surface area contributed by atoms with Crippen LogP contribution >= 0.6 is 0 Å². The fraction of sp³-hybridized carbons (Fsp3) is 0.312. The number of nitrogens with zero attached hydrogens (tertiary/aromatic N) is 2. The smallest absolute Gasteiger partial charge is 0.246 e. The molecule has 206 valence electrons. The average Bonchev–Trinajstić information content (AvgIpc) is 3.36. The third-order valence-electron chi connectivity index (χ3n) is 8.08. The van der Waals surface area contributed by atoms with Crippen LogP contribution in [0, 0.1) is 0 Å². The summed E-state index contributed by atoms with van der Waals surface area (Å²) >= 11 is 0. The lowest BCUT2D eigenvalue weighted by molar-refractivity contribution is -0.158. The van der Waals surface area contributed by atoms with Crippen molar-refractivity contribution >= 4 is 22.7 Å². The Morgan fingerprint density at radius 3 is 2.30 bits per heavy atom. The Morgan fingerprint density at radius 1 is 0.900 bits per heavy atom. The Bertz CT molecular complexity index is 1540. The second kappa shape index (κ2) is 10.6. The summed E-state index contributed by atoms with van der Waals surface area (Å²) in [6.45, 7) is 0.597. The molecule has 1 saturated heterocycles. The maximum atomic E-state index is 14.0. The number of H-pyrrole nitrogens is 1. The molecule has 8 heteroatoms. The predicted octanol–water partition coefficient (Wildman–Crippen LogP) is 4.51. The molecule has 3 aromatic carbocycles. The third-order valence-corrected chi connectivity index (χ3v) is 8.08. The fourth-order valence-electron chi connectivity index (χ4n) is 6.24. The number of ether oxygens (including phenoxy) is 3. The molecule has 0 aliphatic carbocycles. The van der Waals surface area contributed by atoms with Crippen LogP contribution in [0.4, 0.5) is 0 Å². The molecule has 1 fully saturated rings. The molecular formula is C32H33N3O5. The second-order valence-electron chi connectivity index (χ2n) is 10.3. The quantitative estimate of drug-likeness (QED) is 0.356. The van der Waals surface area contributed by atoms with Gasteiger partial charge in [-0.15, -0.1) is 0 Å². The Morgan fingerprint density at radius 2 is 1.60 bits per heavy atom. The number of carbonyl (C=O) groups is 2. The highest BCUT2D eigenvalue weighted by molar-refractivity contribution is 5.97. The molecule has 0 radical (unpaired) electrons. The Hall–Kier alpha value is -4.46. The second-order valence-corrected chi connectivity index (χ2v) is 10.3. The maximum absolute atomic E-state index is 14.0. The largest absolute Gasteiger partial charge is 0.493 e. The number of aromatic nitrogens is 1.